The first kappa shape index (κ1) is 19.3. The average molecular weight is 359 g/mol. The Morgan fingerprint density at radius 2 is 1.79 bits per heavy atom. The number of carbonyl (C=O) groups is 2. The Kier molecular flexibility index (Phi) is 7.16. The number of hydrogen-bond donors (Lipinski definition) is 3. The molecule has 1 spiro atoms. The first-order valence-corrected chi connectivity index (χ1v) is 9.20. The van der Waals surface area contributed by atoms with Gasteiger partial charge in [-0.1, -0.05) is 19.3 Å². The van der Waals surface area contributed by atoms with Crippen LogP contribution in [0, 0.1) is 5.41 Å². The first-order chi connectivity index (χ1) is 11.2. The van der Waals surface area contributed by atoms with E-state index in [9.17, 15) is 9.59 Å². The second-order valence-corrected chi connectivity index (χ2v) is 7.47. The van der Waals surface area contributed by atoms with Crippen LogP contribution >= 0.6 is 12.4 Å². The van der Waals surface area contributed by atoms with Crippen molar-refractivity contribution in [3.8, 4) is 0 Å². The van der Waals surface area contributed by atoms with Crippen LogP contribution < -0.4 is 16.0 Å². The van der Waals surface area contributed by atoms with Crippen molar-refractivity contribution in [2.75, 3.05) is 32.7 Å². The summed E-state index contributed by atoms with van der Waals surface area (Å²) >= 11 is 0. The zero-order chi connectivity index (χ0) is 16.1. The third kappa shape index (κ3) is 4.99. The van der Waals surface area contributed by atoms with E-state index in [2.05, 4.69) is 16.0 Å². The van der Waals surface area contributed by atoms with Crippen LogP contribution in [0.5, 0.6) is 0 Å². The summed E-state index contributed by atoms with van der Waals surface area (Å²) in [6.07, 6.45) is 9.16. The van der Waals surface area contributed by atoms with E-state index in [1.807, 2.05) is 4.90 Å². The van der Waals surface area contributed by atoms with E-state index in [4.69, 9.17) is 0 Å². The molecular formula is C17H31ClN4O2. The van der Waals surface area contributed by atoms with Crippen LogP contribution in [-0.4, -0.2) is 55.6 Å². The van der Waals surface area contributed by atoms with Crippen molar-refractivity contribution >= 4 is 24.3 Å². The number of amides is 3. The van der Waals surface area contributed by atoms with Gasteiger partial charge in [-0.15, -0.1) is 12.4 Å². The molecule has 0 bridgehead atoms. The molecule has 3 amide bonds. The molecule has 3 fully saturated rings. The molecule has 0 aromatic rings. The molecule has 2 heterocycles. The summed E-state index contributed by atoms with van der Waals surface area (Å²) in [5, 5.41) is 9.16. The summed E-state index contributed by atoms with van der Waals surface area (Å²) in [7, 11) is 0. The normalized spacial score (nSPS) is 23.6. The lowest BCUT2D eigenvalue weighted by molar-refractivity contribution is -0.132. The number of carbonyl (C=O) groups excluding carboxylic acids is 2. The van der Waals surface area contributed by atoms with E-state index >= 15 is 0 Å². The highest BCUT2D eigenvalue weighted by Crippen LogP contribution is 2.36. The smallest absolute Gasteiger partial charge is 0.315 e. The van der Waals surface area contributed by atoms with Crippen LogP contribution in [0.15, 0.2) is 0 Å². The number of piperidine rings is 1. The number of urea groups is 1. The van der Waals surface area contributed by atoms with E-state index in [-0.39, 0.29) is 36.9 Å². The van der Waals surface area contributed by atoms with Gasteiger partial charge in [0.25, 0.3) is 0 Å². The fraction of sp³-hybridized carbons (Fsp3) is 0.882. The van der Waals surface area contributed by atoms with Crippen LogP contribution in [-0.2, 0) is 4.79 Å². The average Bonchev–Trinajstić information content (AvgIpc) is 3.02. The van der Waals surface area contributed by atoms with Crippen molar-refractivity contribution in [1.29, 1.82) is 0 Å². The third-order valence-electron chi connectivity index (χ3n) is 5.85. The zero-order valence-corrected chi connectivity index (χ0v) is 15.3. The highest BCUT2D eigenvalue weighted by molar-refractivity contribution is 5.85. The molecule has 3 aliphatic rings. The van der Waals surface area contributed by atoms with Crippen molar-refractivity contribution < 1.29 is 9.59 Å². The lowest BCUT2D eigenvalue weighted by atomic mass is 9.78. The fourth-order valence-electron chi connectivity index (χ4n) is 4.20. The van der Waals surface area contributed by atoms with Crippen LogP contribution in [0.4, 0.5) is 4.79 Å². The second kappa shape index (κ2) is 8.90. The van der Waals surface area contributed by atoms with Gasteiger partial charge in [0.15, 0.2) is 0 Å². The van der Waals surface area contributed by atoms with Crippen LogP contribution in [0.3, 0.4) is 0 Å². The van der Waals surface area contributed by atoms with Crippen molar-refractivity contribution in [3.63, 3.8) is 0 Å². The molecule has 7 heteroatoms. The van der Waals surface area contributed by atoms with E-state index in [0.717, 1.165) is 51.9 Å². The van der Waals surface area contributed by atoms with Crippen LogP contribution in [0.25, 0.3) is 0 Å². The van der Waals surface area contributed by atoms with Gasteiger partial charge in [0.1, 0.15) is 0 Å². The minimum Gasteiger partial charge on any atom is -0.341 e. The second-order valence-electron chi connectivity index (χ2n) is 7.47. The molecular weight excluding hydrogens is 328 g/mol. The molecule has 0 aromatic heterocycles. The molecule has 3 rings (SSSR count). The Hall–Kier alpha value is -1.01. The Balaban J connectivity index is 0.00000208. The molecule has 0 aromatic carbocycles. The van der Waals surface area contributed by atoms with Crippen molar-refractivity contribution in [1.82, 2.24) is 20.9 Å². The van der Waals surface area contributed by atoms with Gasteiger partial charge in [0, 0.05) is 25.7 Å². The maximum Gasteiger partial charge on any atom is 0.315 e. The van der Waals surface area contributed by atoms with Gasteiger partial charge in [-0.2, -0.15) is 0 Å². The van der Waals surface area contributed by atoms with Gasteiger partial charge in [-0.3, -0.25) is 4.79 Å². The molecule has 138 valence electrons. The third-order valence-corrected chi connectivity index (χ3v) is 5.85. The van der Waals surface area contributed by atoms with E-state index in [1.165, 1.54) is 25.7 Å². The van der Waals surface area contributed by atoms with Gasteiger partial charge in [0.2, 0.25) is 5.91 Å². The summed E-state index contributed by atoms with van der Waals surface area (Å²) in [4.78, 5) is 26.1. The largest absolute Gasteiger partial charge is 0.341 e. The minimum atomic E-state index is -0.196. The molecule has 3 N–H and O–H groups in total. The Morgan fingerprint density at radius 1 is 1.08 bits per heavy atom. The predicted molar refractivity (Wildman–Crippen MR) is 96.4 cm³/mol. The highest BCUT2D eigenvalue weighted by Gasteiger charge is 2.37. The number of hydrogen-bond acceptors (Lipinski definition) is 3. The summed E-state index contributed by atoms with van der Waals surface area (Å²) in [6.45, 7) is 3.97. The maximum atomic E-state index is 12.3. The highest BCUT2D eigenvalue weighted by atomic mass is 35.5. The van der Waals surface area contributed by atoms with Crippen molar-refractivity contribution in [2.24, 2.45) is 5.41 Å². The van der Waals surface area contributed by atoms with E-state index in [1.54, 1.807) is 0 Å². The number of halogens is 1. The first-order valence-electron chi connectivity index (χ1n) is 9.20. The Bertz CT molecular complexity index is 424. The molecule has 2 aliphatic heterocycles. The summed E-state index contributed by atoms with van der Waals surface area (Å²) in [5.41, 5.74) is 0.419. The van der Waals surface area contributed by atoms with Crippen molar-refractivity contribution in [3.05, 3.63) is 0 Å². The SMILES string of the molecule is Cl.O=C(NCC(=O)N1CCC2(CCNC2)CC1)NC1CCCCC1. The molecule has 24 heavy (non-hydrogen) atoms. The Morgan fingerprint density at radius 3 is 2.42 bits per heavy atom. The van der Waals surface area contributed by atoms with Crippen LogP contribution in [0.2, 0.25) is 0 Å². The van der Waals surface area contributed by atoms with Crippen molar-refractivity contribution in [2.45, 2.75) is 57.4 Å². The summed E-state index contributed by atoms with van der Waals surface area (Å²) in [5.74, 6) is 0.0459. The molecule has 2 saturated heterocycles. The quantitative estimate of drug-likeness (QED) is 0.718. The van der Waals surface area contributed by atoms with Gasteiger partial charge in [-0.05, 0) is 44.1 Å². The van der Waals surface area contributed by atoms with Gasteiger partial charge < -0.3 is 20.9 Å². The lowest BCUT2D eigenvalue weighted by Gasteiger charge is -2.38. The molecule has 1 aliphatic carbocycles. The topological polar surface area (TPSA) is 73.5 Å². The Labute approximate surface area is 150 Å². The number of likely N-dealkylation sites (tertiary alicyclic amines) is 1. The van der Waals surface area contributed by atoms with Crippen LogP contribution in [0.1, 0.15) is 51.4 Å². The molecule has 6 nitrogen and oxygen atoms in total. The predicted octanol–water partition coefficient (Wildman–Crippen LogP) is 1.64. The standard InChI is InChI=1S/C17H30N4O2.ClH/c22-15(12-19-16(23)20-14-4-2-1-3-5-14)21-10-7-17(8-11-21)6-9-18-13-17;/h14,18H,1-13H2,(H2,19,20,23);1H. The molecule has 0 atom stereocenters. The van der Waals surface area contributed by atoms with Gasteiger partial charge in [0.05, 0.1) is 6.54 Å². The summed E-state index contributed by atoms with van der Waals surface area (Å²) < 4.78 is 0. The summed E-state index contributed by atoms with van der Waals surface area (Å²) in [6, 6.07) is 0.0855. The molecule has 0 unspecified atom stereocenters. The van der Waals surface area contributed by atoms with Gasteiger partial charge in [-0.25, -0.2) is 4.79 Å². The van der Waals surface area contributed by atoms with Gasteiger partial charge >= 0.3 is 6.03 Å². The monoisotopic (exact) mass is 358 g/mol. The number of nitrogens with zero attached hydrogens (tertiary/aromatic N) is 1. The number of rotatable bonds is 3. The molecule has 1 saturated carbocycles. The van der Waals surface area contributed by atoms with E-state index in [0.29, 0.717) is 5.41 Å². The maximum absolute atomic E-state index is 12.3. The lowest BCUT2D eigenvalue weighted by Crippen LogP contribution is -2.50. The van der Waals surface area contributed by atoms with E-state index < -0.39 is 0 Å². The number of nitrogens with one attached hydrogen (secondary N) is 3. The fourth-order valence-corrected chi connectivity index (χ4v) is 4.20. The minimum absolute atomic E-state index is 0. The molecule has 0 radical (unpaired) electrons. The zero-order valence-electron chi connectivity index (χ0n) is 14.4.